The zero-order valence-corrected chi connectivity index (χ0v) is 12.4. The van der Waals surface area contributed by atoms with E-state index in [1.165, 1.54) is 32.1 Å². The second-order valence-corrected chi connectivity index (χ2v) is 6.63. The van der Waals surface area contributed by atoms with E-state index in [4.69, 9.17) is 10.5 Å². The van der Waals surface area contributed by atoms with Gasteiger partial charge in [0.25, 0.3) is 0 Å². The Morgan fingerprint density at radius 2 is 2.00 bits per heavy atom. The van der Waals surface area contributed by atoms with Crippen LogP contribution in [-0.2, 0) is 4.74 Å². The van der Waals surface area contributed by atoms with Gasteiger partial charge in [-0.1, -0.05) is 32.6 Å². The third-order valence-electron chi connectivity index (χ3n) is 5.46. The lowest BCUT2D eigenvalue weighted by atomic mass is 9.84. The molecule has 0 saturated heterocycles. The smallest absolute Gasteiger partial charge is 0.0613 e. The largest absolute Gasteiger partial charge is 0.394 e. The minimum atomic E-state index is -0.333. The molecule has 3 heteroatoms. The highest BCUT2D eigenvalue weighted by Crippen LogP contribution is 2.36. The summed E-state index contributed by atoms with van der Waals surface area (Å²) >= 11 is 0. The standard InChI is InChI=1S/C16H31NO2/c1-2-13-6-3-4-8-15(13)19-11-9-14-7-5-10-16(14,17)12-18/h13-15,18H,2-12,17H2,1H3. The van der Waals surface area contributed by atoms with Crippen LogP contribution in [0.15, 0.2) is 0 Å². The Morgan fingerprint density at radius 3 is 2.74 bits per heavy atom. The third-order valence-corrected chi connectivity index (χ3v) is 5.46. The fourth-order valence-corrected chi connectivity index (χ4v) is 4.03. The van der Waals surface area contributed by atoms with Crippen molar-refractivity contribution in [2.75, 3.05) is 13.2 Å². The molecule has 2 rings (SSSR count). The van der Waals surface area contributed by atoms with Crippen LogP contribution in [0.5, 0.6) is 0 Å². The topological polar surface area (TPSA) is 55.5 Å². The summed E-state index contributed by atoms with van der Waals surface area (Å²) in [5.74, 6) is 1.21. The summed E-state index contributed by atoms with van der Waals surface area (Å²) in [6, 6.07) is 0. The molecule has 3 N–H and O–H groups in total. The van der Waals surface area contributed by atoms with Gasteiger partial charge in [0.1, 0.15) is 0 Å². The van der Waals surface area contributed by atoms with Crippen molar-refractivity contribution in [1.82, 2.24) is 0 Å². The summed E-state index contributed by atoms with van der Waals surface area (Å²) in [5.41, 5.74) is 5.94. The molecular weight excluding hydrogens is 238 g/mol. The Hall–Kier alpha value is -0.120. The van der Waals surface area contributed by atoms with Gasteiger partial charge < -0.3 is 15.6 Å². The van der Waals surface area contributed by atoms with Crippen molar-refractivity contribution in [3.63, 3.8) is 0 Å². The normalized spacial score (nSPS) is 39.6. The molecule has 2 aliphatic rings. The van der Waals surface area contributed by atoms with Gasteiger partial charge in [-0.15, -0.1) is 0 Å². The van der Waals surface area contributed by atoms with Crippen molar-refractivity contribution < 1.29 is 9.84 Å². The van der Waals surface area contributed by atoms with Crippen molar-refractivity contribution in [2.24, 2.45) is 17.6 Å². The number of nitrogens with two attached hydrogens (primary N) is 1. The van der Waals surface area contributed by atoms with Crippen LogP contribution >= 0.6 is 0 Å². The van der Waals surface area contributed by atoms with E-state index >= 15 is 0 Å². The maximum absolute atomic E-state index is 9.46. The van der Waals surface area contributed by atoms with Gasteiger partial charge >= 0.3 is 0 Å². The van der Waals surface area contributed by atoms with E-state index in [1.807, 2.05) is 0 Å². The molecule has 0 heterocycles. The van der Waals surface area contributed by atoms with Gasteiger partial charge in [-0.2, -0.15) is 0 Å². The van der Waals surface area contributed by atoms with E-state index in [1.54, 1.807) is 0 Å². The molecule has 0 aromatic heterocycles. The number of hydrogen-bond donors (Lipinski definition) is 2. The average molecular weight is 269 g/mol. The Morgan fingerprint density at radius 1 is 1.21 bits per heavy atom. The van der Waals surface area contributed by atoms with Crippen molar-refractivity contribution in [3.8, 4) is 0 Å². The lowest BCUT2D eigenvalue weighted by molar-refractivity contribution is -0.0208. The number of aliphatic hydroxyl groups is 1. The lowest BCUT2D eigenvalue weighted by Crippen LogP contribution is -2.47. The molecule has 4 atom stereocenters. The number of ether oxygens (including phenoxy) is 1. The van der Waals surface area contributed by atoms with Crippen LogP contribution < -0.4 is 5.73 Å². The molecule has 2 fully saturated rings. The first kappa shape index (κ1) is 15.3. The monoisotopic (exact) mass is 269 g/mol. The van der Waals surface area contributed by atoms with Crippen LogP contribution in [0, 0.1) is 11.8 Å². The van der Waals surface area contributed by atoms with E-state index in [0.717, 1.165) is 38.2 Å². The molecular formula is C16H31NO2. The fourth-order valence-electron chi connectivity index (χ4n) is 4.03. The van der Waals surface area contributed by atoms with Gasteiger partial charge in [-0.05, 0) is 43.9 Å². The van der Waals surface area contributed by atoms with Crippen molar-refractivity contribution in [1.29, 1.82) is 0 Å². The molecule has 19 heavy (non-hydrogen) atoms. The van der Waals surface area contributed by atoms with Gasteiger partial charge in [0.15, 0.2) is 0 Å². The zero-order chi connectivity index (χ0) is 13.7. The van der Waals surface area contributed by atoms with Gasteiger partial charge in [0, 0.05) is 12.1 Å². The molecule has 2 aliphatic carbocycles. The molecule has 0 aromatic rings. The fraction of sp³-hybridized carbons (Fsp3) is 1.00. The first-order valence-corrected chi connectivity index (χ1v) is 8.21. The quantitative estimate of drug-likeness (QED) is 0.779. The van der Waals surface area contributed by atoms with Crippen LogP contribution in [0.3, 0.4) is 0 Å². The molecule has 0 bridgehead atoms. The maximum Gasteiger partial charge on any atom is 0.0613 e. The first-order valence-electron chi connectivity index (χ1n) is 8.21. The molecule has 3 nitrogen and oxygen atoms in total. The molecule has 0 radical (unpaired) electrons. The highest BCUT2D eigenvalue weighted by atomic mass is 16.5. The molecule has 2 saturated carbocycles. The average Bonchev–Trinajstić information content (AvgIpc) is 2.81. The molecule has 0 aliphatic heterocycles. The number of hydrogen-bond acceptors (Lipinski definition) is 3. The summed E-state index contributed by atoms with van der Waals surface area (Å²) in [5, 5.41) is 9.46. The van der Waals surface area contributed by atoms with E-state index in [-0.39, 0.29) is 12.1 Å². The Balaban J connectivity index is 1.73. The van der Waals surface area contributed by atoms with Gasteiger partial charge in [0.2, 0.25) is 0 Å². The van der Waals surface area contributed by atoms with Gasteiger partial charge in [-0.3, -0.25) is 0 Å². The van der Waals surface area contributed by atoms with E-state index in [9.17, 15) is 5.11 Å². The second kappa shape index (κ2) is 7.05. The molecule has 0 spiro atoms. The SMILES string of the molecule is CCC1CCCCC1OCCC1CCCC1(N)CO. The summed E-state index contributed by atoms with van der Waals surface area (Å²) in [6.45, 7) is 3.23. The van der Waals surface area contributed by atoms with E-state index in [0.29, 0.717) is 12.0 Å². The minimum absolute atomic E-state index is 0.124. The zero-order valence-electron chi connectivity index (χ0n) is 12.4. The predicted molar refractivity (Wildman–Crippen MR) is 78.0 cm³/mol. The van der Waals surface area contributed by atoms with Crippen molar-refractivity contribution in [3.05, 3.63) is 0 Å². The maximum atomic E-state index is 9.46. The van der Waals surface area contributed by atoms with Crippen LogP contribution in [0.4, 0.5) is 0 Å². The molecule has 112 valence electrons. The number of aliphatic hydroxyl groups excluding tert-OH is 1. The van der Waals surface area contributed by atoms with Crippen molar-refractivity contribution >= 4 is 0 Å². The molecule has 0 aromatic carbocycles. The van der Waals surface area contributed by atoms with Crippen LogP contribution in [-0.4, -0.2) is 30.0 Å². The summed E-state index contributed by atoms with van der Waals surface area (Å²) < 4.78 is 6.15. The Labute approximate surface area is 117 Å². The first-order chi connectivity index (χ1) is 9.19. The van der Waals surface area contributed by atoms with Crippen molar-refractivity contribution in [2.45, 2.75) is 76.4 Å². The lowest BCUT2D eigenvalue weighted by Gasteiger charge is -2.33. The van der Waals surface area contributed by atoms with Gasteiger partial charge in [-0.25, -0.2) is 0 Å². The molecule has 4 unspecified atom stereocenters. The van der Waals surface area contributed by atoms with Crippen LogP contribution in [0.2, 0.25) is 0 Å². The number of rotatable bonds is 6. The minimum Gasteiger partial charge on any atom is -0.394 e. The predicted octanol–water partition coefficient (Wildman–Crippen LogP) is 2.85. The molecule has 0 amide bonds. The van der Waals surface area contributed by atoms with Gasteiger partial charge in [0.05, 0.1) is 12.7 Å². The Kier molecular flexibility index (Phi) is 5.67. The summed E-state index contributed by atoms with van der Waals surface area (Å²) in [6.07, 6.45) is 11.3. The summed E-state index contributed by atoms with van der Waals surface area (Å²) in [7, 11) is 0. The second-order valence-electron chi connectivity index (χ2n) is 6.63. The van der Waals surface area contributed by atoms with Crippen LogP contribution in [0.25, 0.3) is 0 Å². The highest BCUT2D eigenvalue weighted by molar-refractivity contribution is 4.96. The Bertz CT molecular complexity index is 271. The van der Waals surface area contributed by atoms with E-state index in [2.05, 4.69) is 6.92 Å². The van der Waals surface area contributed by atoms with E-state index < -0.39 is 0 Å². The third kappa shape index (κ3) is 3.71. The summed E-state index contributed by atoms with van der Waals surface area (Å²) in [4.78, 5) is 0. The van der Waals surface area contributed by atoms with Crippen LogP contribution in [0.1, 0.15) is 64.7 Å². The highest BCUT2D eigenvalue weighted by Gasteiger charge is 2.38.